The molecule has 17 heavy (non-hydrogen) atoms. The second-order valence-corrected chi connectivity index (χ2v) is 4.36. The molecule has 1 rings (SSSR count). The third-order valence-electron chi connectivity index (χ3n) is 2.30. The Bertz CT molecular complexity index is 422. The highest BCUT2D eigenvalue weighted by Crippen LogP contribution is 2.15. The van der Waals surface area contributed by atoms with Gasteiger partial charge >= 0.3 is 0 Å². The third-order valence-corrected chi connectivity index (χ3v) is 3.06. The lowest BCUT2D eigenvalue weighted by Gasteiger charge is -2.12. The van der Waals surface area contributed by atoms with Crippen LogP contribution in [-0.2, 0) is 6.54 Å². The van der Waals surface area contributed by atoms with Crippen LogP contribution in [0, 0.1) is 0 Å². The molecule has 0 aliphatic heterocycles. The number of aromatic nitrogens is 2. The van der Waals surface area contributed by atoms with Crippen LogP contribution in [0.5, 0.6) is 0 Å². The summed E-state index contributed by atoms with van der Waals surface area (Å²) in [5.74, 6) is 0. The molecule has 0 aromatic carbocycles. The number of nitrogens with zero attached hydrogens (tertiary/aromatic N) is 2. The van der Waals surface area contributed by atoms with Gasteiger partial charge in [0.05, 0.1) is 31.1 Å². The van der Waals surface area contributed by atoms with Crippen LogP contribution < -0.4 is 10.9 Å². The summed E-state index contributed by atoms with van der Waals surface area (Å²) in [5, 5.41) is 25.0. The molecule has 1 atom stereocenters. The summed E-state index contributed by atoms with van der Waals surface area (Å²) in [6.45, 7) is 2.26. The van der Waals surface area contributed by atoms with E-state index >= 15 is 0 Å². The lowest BCUT2D eigenvalue weighted by Crippen LogP contribution is -2.27. The molecule has 1 aromatic rings. The molecular formula is C10H16BrN3O3. The van der Waals surface area contributed by atoms with Crippen LogP contribution in [0.2, 0.25) is 0 Å². The van der Waals surface area contributed by atoms with E-state index in [2.05, 4.69) is 26.3 Å². The van der Waals surface area contributed by atoms with E-state index in [-0.39, 0.29) is 18.7 Å². The summed E-state index contributed by atoms with van der Waals surface area (Å²) >= 11 is 3.17. The first-order valence-electron chi connectivity index (χ1n) is 5.38. The summed E-state index contributed by atoms with van der Waals surface area (Å²) in [5.41, 5.74) is 0.228. The van der Waals surface area contributed by atoms with Crippen molar-refractivity contribution in [3.8, 4) is 0 Å². The van der Waals surface area contributed by atoms with Crippen LogP contribution >= 0.6 is 15.9 Å². The first-order chi connectivity index (χ1) is 8.10. The molecule has 0 aliphatic rings. The van der Waals surface area contributed by atoms with Crippen LogP contribution in [0.3, 0.4) is 0 Å². The number of nitrogens with one attached hydrogen (secondary N) is 1. The minimum Gasteiger partial charge on any atom is -0.394 e. The van der Waals surface area contributed by atoms with E-state index in [0.29, 0.717) is 23.1 Å². The van der Waals surface area contributed by atoms with Crippen molar-refractivity contribution in [2.24, 2.45) is 0 Å². The smallest absolute Gasteiger partial charge is 0.283 e. The molecule has 0 fully saturated rings. The van der Waals surface area contributed by atoms with Crippen LogP contribution in [0.1, 0.15) is 13.3 Å². The van der Waals surface area contributed by atoms with E-state index in [1.165, 1.54) is 10.9 Å². The van der Waals surface area contributed by atoms with Gasteiger partial charge in [-0.15, -0.1) is 0 Å². The van der Waals surface area contributed by atoms with Gasteiger partial charge in [-0.25, -0.2) is 4.68 Å². The number of hydrogen-bond acceptors (Lipinski definition) is 5. The van der Waals surface area contributed by atoms with Gasteiger partial charge in [0.2, 0.25) is 0 Å². The predicted octanol–water partition coefficient (Wildman–Crippen LogP) is 0.181. The molecular weight excluding hydrogens is 290 g/mol. The first-order valence-corrected chi connectivity index (χ1v) is 6.17. The van der Waals surface area contributed by atoms with Crippen LogP contribution in [0.25, 0.3) is 0 Å². The molecule has 0 amide bonds. The fraction of sp³-hybridized carbons (Fsp3) is 0.600. The fourth-order valence-corrected chi connectivity index (χ4v) is 1.66. The Morgan fingerprint density at radius 3 is 2.94 bits per heavy atom. The largest absolute Gasteiger partial charge is 0.394 e. The number of aliphatic hydroxyl groups is 2. The quantitative estimate of drug-likeness (QED) is 0.698. The minimum absolute atomic E-state index is 0.138. The van der Waals surface area contributed by atoms with Gasteiger partial charge in [0.25, 0.3) is 5.56 Å². The molecule has 0 spiro atoms. The highest BCUT2D eigenvalue weighted by atomic mass is 79.9. The van der Waals surface area contributed by atoms with Gasteiger partial charge in [0.15, 0.2) is 0 Å². The van der Waals surface area contributed by atoms with E-state index in [9.17, 15) is 9.90 Å². The van der Waals surface area contributed by atoms with Crippen molar-refractivity contribution < 1.29 is 10.2 Å². The molecule has 3 N–H and O–H groups in total. The van der Waals surface area contributed by atoms with E-state index in [4.69, 9.17) is 5.11 Å². The van der Waals surface area contributed by atoms with Crippen molar-refractivity contribution in [1.82, 2.24) is 9.78 Å². The molecule has 0 aliphatic carbocycles. The fourth-order valence-electron chi connectivity index (χ4n) is 1.21. The van der Waals surface area contributed by atoms with Crippen LogP contribution in [0.15, 0.2) is 15.5 Å². The minimum atomic E-state index is -0.457. The lowest BCUT2D eigenvalue weighted by atomic mass is 10.3. The molecule has 1 aromatic heterocycles. The number of hydrogen-bond donors (Lipinski definition) is 3. The number of halogens is 1. The molecule has 1 heterocycles. The highest BCUT2D eigenvalue weighted by Gasteiger charge is 2.09. The highest BCUT2D eigenvalue weighted by molar-refractivity contribution is 9.10. The third kappa shape index (κ3) is 3.79. The van der Waals surface area contributed by atoms with Crippen molar-refractivity contribution in [1.29, 1.82) is 0 Å². The molecule has 0 radical (unpaired) electrons. The van der Waals surface area contributed by atoms with Gasteiger partial charge in [-0.2, -0.15) is 5.10 Å². The van der Waals surface area contributed by atoms with Crippen molar-refractivity contribution in [2.75, 3.05) is 18.5 Å². The average molecular weight is 306 g/mol. The molecule has 6 nitrogen and oxygen atoms in total. The average Bonchev–Trinajstić information content (AvgIpc) is 2.34. The monoisotopic (exact) mass is 305 g/mol. The lowest BCUT2D eigenvalue weighted by molar-refractivity contribution is 0.183. The van der Waals surface area contributed by atoms with Crippen LogP contribution in [0.4, 0.5) is 5.69 Å². The SMILES string of the molecule is CCC(O)CNc1cnn(CCO)c(=O)c1Br. The van der Waals surface area contributed by atoms with E-state index < -0.39 is 6.10 Å². The van der Waals surface area contributed by atoms with Crippen molar-refractivity contribution in [3.05, 3.63) is 21.0 Å². The maximum Gasteiger partial charge on any atom is 0.283 e. The maximum atomic E-state index is 11.7. The Morgan fingerprint density at radius 1 is 1.65 bits per heavy atom. The Kier molecular flexibility index (Phi) is 5.60. The van der Waals surface area contributed by atoms with Gasteiger partial charge < -0.3 is 15.5 Å². The Hall–Kier alpha value is -0.920. The maximum absolute atomic E-state index is 11.7. The predicted molar refractivity (Wildman–Crippen MR) is 68.1 cm³/mol. The first kappa shape index (κ1) is 14.1. The topological polar surface area (TPSA) is 87.4 Å². The molecule has 7 heteroatoms. The number of anilines is 1. The summed E-state index contributed by atoms with van der Waals surface area (Å²) in [6, 6.07) is 0. The summed E-state index contributed by atoms with van der Waals surface area (Å²) < 4.78 is 1.52. The Balaban J connectivity index is 2.82. The molecule has 1 unspecified atom stereocenters. The zero-order valence-corrected chi connectivity index (χ0v) is 11.1. The van der Waals surface area contributed by atoms with E-state index in [0.717, 1.165) is 0 Å². The molecule has 96 valence electrons. The molecule has 0 saturated heterocycles. The Morgan fingerprint density at radius 2 is 2.35 bits per heavy atom. The second-order valence-electron chi connectivity index (χ2n) is 3.57. The molecule has 0 saturated carbocycles. The zero-order chi connectivity index (χ0) is 12.8. The zero-order valence-electron chi connectivity index (χ0n) is 9.56. The van der Waals surface area contributed by atoms with Gasteiger partial charge in [0.1, 0.15) is 4.47 Å². The summed E-state index contributed by atoms with van der Waals surface area (Å²) in [7, 11) is 0. The Labute approximate surface area is 107 Å². The standard InChI is InChI=1S/C10H16BrN3O3/c1-2-7(16)5-12-8-6-13-14(3-4-15)10(17)9(8)11/h6-7,12,15-16H,2-5H2,1H3. The van der Waals surface area contributed by atoms with Crippen molar-refractivity contribution in [2.45, 2.75) is 26.0 Å². The summed E-state index contributed by atoms with van der Waals surface area (Å²) in [6.07, 6.45) is 1.67. The number of rotatable bonds is 6. The number of aliphatic hydroxyl groups excluding tert-OH is 2. The van der Waals surface area contributed by atoms with Crippen LogP contribution in [-0.4, -0.2) is 39.2 Å². The van der Waals surface area contributed by atoms with Crippen molar-refractivity contribution in [3.63, 3.8) is 0 Å². The van der Waals surface area contributed by atoms with E-state index in [1.807, 2.05) is 6.92 Å². The second kappa shape index (κ2) is 6.73. The molecule has 0 bridgehead atoms. The van der Waals surface area contributed by atoms with E-state index in [1.54, 1.807) is 0 Å². The normalized spacial score (nSPS) is 12.5. The van der Waals surface area contributed by atoms with Gasteiger partial charge in [0, 0.05) is 6.54 Å². The summed E-state index contributed by atoms with van der Waals surface area (Å²) in [4.78, 5) is 11.7. The van der Waals surface area contributed by atoms with Crippen molar-refractivity contribution >= 4 is 21.6 Å². The van der Waals surface area contributed by atoms with Gasteiger partial charge in [-0.1, -0.05) is 6.92 Å². The van der Waals surface area contributed by atoms with Gasteiger partial charge in [-0.3, -0.25) is 4.79 Å². The van der Waals surface area contributed by atoms with Gasteiger partial charge in [-0.05, 0) is 22.4 Å².